The van der Waals surface area contributed by atoms with Crippen LogP contribution in [0, 0.1) is 5.92 Å². The summed E-state index contributed by atoms with van der Waals surface area (Å²) >= 11 is 0. The highest BCUT2D eigenvalue weighted by Gasteiger charge is 2.37. The van der Waals surface area contributed by atoms with Gasteiger partial charge in [-0.15, -0.1) is 0 Å². The van der Waals surface area contributed by atoms with Gasteiger partial charge in [0.25, 0.3) is 5.56 Å². The van der Waals surface area contributed by atoms with E-state index in [2.05, 4.69) is 15.6 Å². The minimum Gasteiger partial charge on any atom is -0.374 e. The van der Waals surface area contributed by atoms with Crippen molar-refractivity contribution >= 4 is 12.0 Å². The molecule has 1 saturated carbocycles. The summed E-state index contributed by atoms with van der Waals surface area (Å²) in [6.07, 6.45) is 10.5. The molecule has 1 aromatic rings. The first kappa shape index (κ1) is 17.7. The summed E-state index contributed by atoms with van der Waals surface area (Å²) in [4.78, 5) is 28.2. The Morgan fingerprint density at radius 1 is 1.31 bits per heavy atom. The lowest BCUT2D eigenvalue weighted by Gasteiger charge is -2.31. The van der Waals surface area contributed by atoms with Crippen LogP contribution in [-0.2, 0) is 16.0 Å². The van der Waals surface area contributed by atoms with E-state index in [1.165, 1.54) is 43.0 Å². The number of carbonyl (C=O) groups is 1. The highest BCUT2D eigenvalue weighted by atomic mass is 16.5. The number of aryl methyl sites for hydroxylation is 1. The Morgan fingerprint density at radius 2 is 2.12 bits per heavy atom. The van der Waals surface area contributed by atoms with Crippen molar-refractivity contribution in [1.82, 2.24) is 14.9 Å². The lowest BCUT2D eigenvalue weighted by atomic mass is 9.88. The number of aldehydes is 1. The Balaban J connectivity index is 1.46. The van der Waals surface area contributed by atoms with Crippen LogP contribution in [0.5, 0.6) is 0 Å². The Bertz CT molecular complexity index is 713. The molecule has 2 fully saturated rings. The van der Waals surface area contributed by atoms with Crippen LogP contribution in [0.25, 0.3) is 0 Å². The zero-order valence-electron chi connectivity index (χ0n) is 15.3. The number of rotatable bonds is 4. The standard InChI is InChI=1S/C19H28N4O3/c1-12(10-24)23-11-21-15-8-7-14(22-17(15)19(23)25)16-9-20-18(26-16)13-5-3-2-4-6-13/h10-14,16,18,20,22H,2-9H2,1H3. The molecule has 1 saturated heterocycles. The summed E-state index contributed by atoms with van der Waals surface area (Å²) in [6.45, 7) is 2.51. The van der Waals surface area contributed by atoms with Crippen molar-refractivity contribution in [3.63, 3.8) is 0 Å². The average molecular weight is 360 g/mol. The van der Waals surface area contributed by atoms with Gasteiger partial charge in [0, 0.05) is 6.54 Å². The SMILES string of the molecule is CC(C=O)n1cnc2c(c1=O)NC(C1CNC(C3CCCCC3)O1)CC2. The molecule has 0 radical (unpaired) electrons. The molecule has 7 nitrogen and oxygen atoms in total. The van der Waals surface area contributed by atoms with Crippen LogP contribution < -0.4 is 16.2 Å². The predicted molar refractivity (Wildman–Crippen MR) is 98.2 cm³/mol. The van der Waals surface area contributed by atoms with E-state index < -0.39 is 6.04 Å². The van der Waals surface area contributed by atoms with E-state index >= 15 is 0 Å². The third-order valence-corrected chi connectivity index (χ3v) is 6.10. The molecule has 4 atom stereocenters. The summed E-state index contributed by atoms with van der Waals surface area (Å²) in [7, 11) is 0. The largest absolute Gasteiger partial charge is 0.374 e. The molecule has 26 heavy (non-hydrogen) atoms. The number of carbonyl (C=O) groups excluding carboxylic acids is 1. The topological polar surface area (TPSA) is 85.2 Å². The summed E-state index contributed by atoms with van der Waals surface area (Å²) in [5.74, 6) is 0.608. The third kappa shape index (κ3) is 3.30. The molecule has 4 unspecified atom stereocenters. The molecule has 0 bridgehead atoms. The normalized spacial score (nSPS) is 30.4. The predicted octanol–water partition coefficient (Wildman–Crippen LogP) is 1.62. The monoisotopic (exact) mass is 360 g/mol. The molecule has 2 aliphatic heterocycles. The van der Waals surface area contributed by atoms with Crippen molar-refractivity contribution in [3.8, 4) is 0 Å². The fourth-order valence-corrected chi connectivity index (χ4v) is 4.49. The van der Waals surface area contributed by atoms with Crippen molar-refractivity contribution in [2.75, 3.05) is 11.9 Å². The Kier molecular flexibility index (Phi) is 5.09. The number of nitrogens with one attached hydrogen (secondary N) is 2. The summed E-state index contributed by atoms with van der Waals surface area (Å²) < 4.78 is 7.72. The van der Waals surface area contributed by atoms with Crippen LogP contribution in [0.15, 0.2) is 11.1 Å². The zero-order valence-corrected chi connectivity index (χ0v) is 15.3. The molecule has 0 amide bonds. The van der Waals surface area contributed by atoms with Gasteiger partial charge in [0.15, 0.2) is 0 Å². The molecule has 7 heteroatoms. The van der Waals surface area contributed by atoms with E-state index in [-0.39, 0.29) is 23.9 Å². The second-order valence-corrected chi connectivity index (χ2v) is 7.85. The van der Waals surface area contributed by atoms with Gasteiger partial charge in [-0.1, -0.05) is 19.3 Å². The molecule has 0 spiro atoms. The van der Waals surface area contributed by atoms with Gasteiger partial charge < -0.3 is 14.8 Å². The van der Waals surface area contributed by atoms with E-state index in [0.29, 0.717) is 11.6 Å². The molecule has 3 heterocycles. The maximum atomic E-state index is 12.7. The Labute approximate surface area is 153 Å². The molecule has 2 N–H and O–H groups in total. The van der Waals surface area contributed by atoms with Gasteiger partial charge in [0.05, 0.1) is 30.2 Å². The quantitative estimate of drug-likeness (QED) is 0.794. The van der Waals surface area contributed by atoms with Crippen molar-refractivity contribution < 1.29 is 9.53 Å². The fraction of sp³-hybridized carbons (Fsp3) is 0.737. The van der Waals surface area contributed by atoms with Crippen molar-refractivity contribution in [3.05, 3.63) is 22.4 Å². The number of hydrogen-bond acceptors (Lipinski definition) is 6. The van der Waals surface area contributed by atoms with Crippen molar-refractivity contribution in [1.29, 1.82) is 0 Å². The number of anilines is 1. The van der Waals surface area contributed by atoms with E-state index in [0.717, 1.165) is 31.4 Å². The maximum Gasteiger partial charge on any atom is 0.277 e. The average Bonchev–Trinajstić information content (AvgIpc) is 3.18. The summed E-state index contributed by atoms with van der Waals surface area (Å²) in [6, 6.07) is -0.414. The van der Waals surface area contributed by atoms with Crippen LogP contribution in [-0.4, -0.2) is 40.8 Å². The molecule has 0 aromatic carbocycles. The summed E-state index contributed by atoms with van der Waals surface area (Å²) in [5, 5.41) is 6.92. The van der Waals surface area contributed by atoms with Gasteiger partial charge in [0.2, 0.25) is 0 Å². The molecular formula is C19H28N4O3. The highest BCUT2D eigenvalue weighted by Crippen LogP contribution is 2.31. The zero-order chi connectivity index (χ0) is 18.1. The van der Waals surface area contributed by atoms with Gasteiger partial charge in [-0.3, -0.25) is 14.7 Å². The van der Waals surface area contributed by atoms with Gasteiger partial charge in [-0.2, -0.15) is 0 Å². The van der Waals surface area contributed by atoms with Crippen molar-refractivity contribution in [2.45, 2.75) is 76.3 Å². The van der Waals surface area contributed by atoms with Crippen LogP contribution in [0.2, 0.25) is 0 Å². The van der Waals surface area contributed by atoms with Gasteiger partial charge in [-0.25, -0.2) is 4.98 Å². The van der Waals surface area contributed by atoms with Gasteiger partial charge in [-0.05, 0) is 38.5 Å². The molecule has 142 valence electrons. The fourth-order valence-electron chi connectivity index (χ4n) is 4.49. The maximum absolute atomic E-state index is 12.7. The molecule has 1 aliphatic carbocycles. The number of nitrogens with zero attached hydrogens (tertiary/aromatic N) is 2. The van der Waals surface area contributed by atoms with Crippen LogP contribution >= 0.6 is 0 Å². The van der Waals surface area contributed by atoms with E-state index in [1.54, 1.807) is 6.92 Å². The molecule has 3 aliphatic rings. The second-order valence-electron chi connectivity index (χ2n) is 7.85. The molecule has 4 rings (SSSR count). The first-order chi connectivity index (χ1) is 12.7. The number of fused-ring (bicyclic) bond motifs is 1. The van der Waals surface area contributed by atoms with E-state index in [4.69, 9.17) is 4.74 Å². The number of ether oxygens (including phenoxy) is 1. The molecular weight excluding hydrogens is 332 g/mol. The Hall–Kier alpha value is -1.73. The summed E-state index contributed by atoms with van der Waals surface area (Å²) in [5.41, 5.74) is 1.15. The van der Waals surface area contributed by atoms with Gasteiger partial charge >= 0.3 is 0 Å². The Morgan fingerprint density at radius 3 is 2.88 bits per heavy atom. The third-order valence-electron chi connectivity index (χ3n) is 6.10. The van der Waals surface area contributed by atoms with E-state index in [1.807, 2.05) is 0 Å². The first-order valence-corrected chi connectivity index (χ1v) is 9.88. The first-order valence-electron chi connectivity index (χ1n) is 9.88. The smallest absolute Gasteiger partial charge is 0.277 e. The number of hydrogen-bond donors (Lipinski definition) is 2. The second kappa shape index (κ2) is 7.48. The van der Waals surface area contributed by atoms with Crippen molar-refractivity contribution in [2.24, 2.45) is 5.92 Å². The minimum absolute atomic E-state index is 0.0617. The molecule has 1 aromatic heterocycles. The van der Waals surface area contributed by atoms with Crippen LogP contribution in [0.3, 0.4) is 0 Å². The van der Waals surface area contributed by atoms with Crippen LogP contribution in [0.4, 0.5) is 5.69 Å². The number of aromatic nitrogens is 2. The lowest BCUT2D eigenvalue weighted by Crippen LogP contribution is -2.42. The van der Waals surface area contributed by atoms with E-state index in [9.17, 15) is 9.59 Å². The lowest BCUT2D eigenvalue weighted by molar-refractivity contribution is -0.110. The van der Waals surface area contributed by atoms with Crippen LogP contribution in [0.1, 0.15) is 57.2 Å². The highest BCUT2D eigenvalue weighted by molar-refractivity contribution is 5.56. The minimum atomic E-state index is -0.512. The van der Waals surface area contributed by atoms with Gasteiger partial charge in [0.1, 0.15) is 18.2 Å².